The van der Waals surface area contributed by atoms with Gasteiger partial charge in [0.1, 0.15) is 0 Å². The minimum atomic E-state index is 0.311. The zero-order valence-electron chi connectivity index (χ0n) is 11.4. The summed E-state index contributed by atoms with van der Waals surface area (Å²) in [6.07, 6.45) is 8.64. The van der Waals surface area contributed by atoms with Crippen LogP contribution in [0.1, 0.15) is 57.1 Å². The summed E-state index contributed by atoms with van der Waals surface area (Å²) in [4.78, 5) is 0. The van der Waals surface area contributed by atoms with Crippen LogP contribution in [-0.4, -0.2) is 6.04 Å². The van der Waals surface area contributed by atoms with E-state index in [2.05, 4.69) is 38.1 Å². The van der Waals surface area contributed by atoms with Crippen molar-refractivity contribution in [2.75, 3.05) is 0 Å². The van der Waals surface area contributed by atoms with Gasteiger partial charge in [0.15, 0.2) is 0 Å². The topological polar surface area (TPSA) is 26.0 Å². The van der Waals surface area contributed by atoms with Crippen LogP contribution in [0.4, 0.5) is 0 Å². The Morgan fingerprint density at radius 2 is 1.59 bits per heavy atom. The number of hydrogen-bond donors (Lipinski definition) is 1. The molecule has 1 aromatic carbocycles. The molecule has 0 aliphatic carbocycles. The van der Waals surface area contributed by atoms with Crippen molar-refractivity contribution in [1.82, 2.24) is 0 Å². The third kappa shape index (κ3) is 5.88. The predicted molar refractivity (Wildman–Crippen MR) is 76.3 cm³/mol. The number of nitrogens with two attached hydrogens (primary N) is 1. The Morgan fingerprint density at radius 3 is 2.18 bits per heavy atom. The Balaban J connectivity index is 2.34. The lowest BCUT2D eigenvalue weighted by Crippen LogP contribution is -2.21. The highest BCUT2D eigenvalue weighted by Gasteiger charge is 2.01. The van der Waals surface area contributed by atoms with Gasteiger partial charge in [0.25, 0.3) is 0 Å². The number of rotatable bonds is 8. The van der Waals surface area contributed by atoms with Crippen molar-refractivity contribution >= 4 is 0 Å². The van der Waals surface area contributed by atoms with E-state index in [9.17, 15) is 0 Å². The summed E-state index contributed by atoms with van der Waals surface area (Å²) in [5, 5.41) is 0. The Bertz CT molecular complexity index is 289. The molecule has 96 valence electrons. The highest BCUT2D eigenvalue weighted by Crippen LogP contribution is 2.11. The summed E-state index contributed by atoms with van der Waals surface area (Å²) < 4.78 is 0. The van der Waals surface area contributed by atoms with E-state index < -0.39 is 0 Å². The fourth-order valence-electron chi connectivity index (χ4n) is 2.05. The second-order valence-electron chi connectivity index (χ2n) is 5.00. The van der Waals surface area contributed by atoms with E-state index in [4.69, 9.17) is 5.73 Å². The second kappa shape index (κ2) is 8.30. The van der Waals surface area contributed by atoms with Crippen LogP contribution in [0.15, 0.2) is 24.3 Å². The fraction of sp³-hybridized carbons (Fsp3) is 0.625. The molecule has 0 aromatic heterocycles. The smallest absolute Gasteiger partial charge is 0.00766 e. The SMILES string of the molecule is CCCCCCc1ccc(CC(N)CC)cc1. The molecule has 1 aromatic rings. The lowest BCUT2D eigenvalue weighted by atomic mass is 10.0. The van der Waals surface area contributed by atoms with Crippen LogP contribution in [0.2, 0.25) is 0 Å². The minimum Gasteiger partial charge on any atom is -0.327 e. The molecule has 0 amide bonds. The van der Waals surface area contributed by atoms with Crippen molar-refractivity contribution in [2.45, 2.75) is 64.8 Å². The van der Waals surface area contributed by atoms with Crippen molar-refractivity contribution in [2.24, 2.45) is 5.73 Å². The van der Waals surface area contributed by atoms with E-state index >= 15 is 0 Å². The van der Waals surface area contributed by atoms with E-state index in [1.165, 1.54) is 43.2 Å². The van der Waals surface area contributed by atoms with Crippen LogP contribution in [0, 0.1) is 0 Å². The molecular formula is C16H27N. The van der Waals surface area contributed by atoms with Crippen LogP contribution < -0.4 is 5.73 Å². The van der Waals surface area contributed by atoms with Crippen molar-refractivity contribution < 1.29 is 0 Å². The Hall–Kier alpha value is -0.820. The molecule has 1 heteroatoms. The van der Waals surface area contributed by atoms with Gasteiger partial charge in [-0.3, -0.25) is 0 Å². The summed E-state index contributed by atoms with van der Waals surface area (Å²) >= 11 is 0. The highest BCUT2D eigenvalue weighted by molar-refractivity contribution is 5.23. The third-order valence-electron chi connectivity index (χ3n) is 3.36. The summed E-state index contributed by atoms with van der Waals surface area (Å²) in [5.41, 5.74) is 8.80. The highest BCUT2D eigenvalue weighted by atomic mass is 14.6. The molecule has 1 rings (SSSR count). The van der Waals surface area contributed by atoms with Crippen LogP contribution in [0.3, 0.4) is 0 Å². The third-order valence-corrected chi connectivity index (χ3v) is 3.36. The summed E-state index contributed by atoms with van der Waals surface area (Å²) in [7, 11) is 0. The first-order valence-corrected chi connectivity index (χ1v) is 7.09. The number of hydrogen-bond acceptors (Lipinski definition) is 1. The zero-order valence-corrected chi connectivity index (χ0v) is 11.4. The Labute approximate surface area is 106 Å². The van der Waals surface area contributed by atoms with E-state index in [0.717, 1.165) is 12.8 Å². The van der Waals surface area contributed by atoms with Crippen LogP contribution in [0.5, 0.6) is 0 Å². The quantitative estimate of drug-likeness (QED) is 0.672. The largest absolute Gasteiger partial charge is 0.327 e. The number of aryl methyl sites for hydroxylation is 1. The number of benzene rings is 1. The average Bonchev–Trinajstić information content (AvgIpc) is 2.36. The predicted octanol–water partition coefficient (Wildman–Crippen LogP) is 4.09. The summed E-state index contributed by atoms with van der Waals surface area (Å²) in [5.74, 6) is 0. The summed E-state index contributed by atoms with van der Waals surface area (Å²) in [6.45, 7) is 4.40. The molecule has 0 saturated carbocycles. The molecule has 0 radical (unpaired) electrons. The average molecular weight is 233 g/mol. The molecule has 17 heavy (non-hydrogen) atoms. The Kier molecular flexibility index (Phi) is 6.95. The van der Waals surface area contributed by atoms with Gasteiger partial charge in [-0.15, -0.1) is 0 Å². The zero-order chi connectivity index (χ0) is 12.5. The first-order valence-electron chi connectivity index (χ1n) is 7.09. The maximum atomic E-state index is 5.96. The molecule has 0 aliphatic rings. The van der Waals surface area contributed by atoms with Gasteiger partial charge in [-0.2, -0.15) is 0 Å². The van der Waals surface area contributed by atoms with Gasteiger partial charge in [0.2, 0.25) is 0 Å². The molecule has 1 nitrogen and oxygen atoms in total. The van der Waals surface area contributed by atoms with Crippen molar-refractivity contribution in [3.05, 3.63) is 35.4 Å². The molecule has 0 bridgehead atoms. The van der Waals surface area contributed by atoms with Gasteiger partial charge in [-0.1, -0.05) is 57.4 Å². The molecule has 0 heterocycles. The molecule has 1 unspecified atom stereocenters. The molecule has 2 N–H and O–H groups in total. The minimum absolute atomic E-state index is 0.311. The lowest BCUT2D eigenvalue weighted by molar-refractivity contribution is 0.645. The second-order valence-corrected chi connectivity index (χ2v) is 5.00. The van der Waals surface area contributed by atoms with Gasteiger partial charge < -0.3 is 5.73 Å². The van der Waals surface area contributed by atoms with Gasteiger partial charge in [-0.05, 0) is 36.8 Å². The molecule has 0 saturated heterocycles. The summed E-state index contributed by atoms with van der Waals surface area (Å²) in [6, 6.07) is 9.33. The van der Waals surface area contributed by atoms with Crippen LogP contribution in [0.25, 0.3) is 0 Å². The molecule has 1 atom stereocenters. The van der Waals surface area contributed by atoms with E-state index in [1.807, 2.05) is 0 Å². The number of unbranched alkanes of at least 4 members (excludes halogenated alkanes) is 3. The van der Waals surface area contributed by atoms with Crippen LogP contribution in [-0.2, 0) is 12.8 Å². The molecule has 0 aliphatic heterocycles. The van der Waals surface area contributed by atoms with Crippen molar-refractivity contribution in [1.29, 1.82) is 0 Å². The van der Waals surface area contributed by atoms with Gasteiger partial charge >= 0.3 is 0 Å². The first kappa shape index (κ1) is 14.2. The molecule has 0 fully saturated rings. The van der Waals surface area contributed by atoms with E-state index in [0.29, 0.717) is 6.04 Å². The maximum absolute atomic E-state index is 5.96. The normalized spacial score (nSPS) is 12.6. The Morgan fingerprint density at radius 1 is 0.941 bits per heavy atom. The molecule has 0 spiro atoms. The fourth-order valence-corrected chi connectivity index (χ4v) is 2.05. The van der Waals surface area contributed by atoms with Crippen molar-refractivity contribution in [3.8, 4) is 0 Å². The lowest BCUT2D eigenvalue weighted by Gasteiger charge is -2.09. The van der Waals surface area contributed by atoms with Crippen molar-refractivity contribution in [3.63, 3.8) is 0 Å². The standard InChI is InChI=1S/C16H27N/c1-3-5-6-7-8-14-9-11-15(12-10-14)13-16(17)4-2/h9-12,16H,3-8,13,17H2,1-2H3. The van der Waals surface area contributed by atoms with Gasteiger partial charge in [0, 0.05) is 6.04 Å². The van der Waals surface area contributed by atoms with Gasteiger partial charge in [-0.25, -0.2) is 0 Å². The maximum Gasteiger partial charge on any atom is 0.00766 e. The first-order chi connectivity index (χ1) is 8.26. The monoisotopic (exact) mass is 233 g/mol. The van der Waals surface area contributed by atoms with Gasteiger partial charge in [0.05, 0.1) is 0 Å². The van der Waals surface area contributed by atoms with E-state index in [-0.39, 0.29) is 0 Å². The van der Waals surface area contributed by atoms with Crippen LogP contribution >= 0.6 is 0 Å². The molecular weight excluding hydrogens is 206 g/mol. The van der Waals surface area contributed by atoms with E-state index in [1.54, 1.807) is 0 Å².